The first kappa shape index (κ1) is 45.8. The number of hydrogen-bond acceptors (Lipinski definition) is 10. The minimum Gasteiger partial charge on any atom is -0.352 e. The Labute approximate surface area is 393 Å². The van der Waals surface area contributed by atoms with Crippen LogP contribution in [0.2, 0.25) is 0 Å². The summed E-state index contributed by atoms with van der Waals surface area (Å²) >= 11 is 0. The van der Waals surface area contributed by atoms with Gasteiger partial charge in [0.1, 0.15) is 17.3 Å². The summed E-state index contributed by atoms with van der Waals surface area (Å²) in [6.07, 6.45) is 8.65. The lowest BCUT2D eigenvalue weighted by molar-refractivity contribution is -0.115. The molecule has 0 aliphatic carbocycles. The van der Waals surface area contributed by atoms with Crippen LogP contribution in [0.1, 0.15) is 80.3 Å². The number of nitrogens with one attached hydrogen (secondary N) is 4. The molecule has 0 saturated carbocycles. The van der Waals surface area contributed by atoms with Crippen LogP contribution in [0.3, 0.4) is 0 Å². The van der Waals surface area contributed by atoms with Crippen LogP contribution >= 0.6 is 0 Å². The van der Waals surface area contributed by atoms with Crippen LogP contribution in [0.4, 0.5) is 20.4 Å². The number of rotatable bonds is 9. The largest absolute Gasteiger partial charge is 0.352 e. The summed E-state index contributed by atoms with van der Waals surface area (Å²) < 4.78 is 27.0. The number of hydrogen-bond donors (Lipinski definition) is 4. The third kappa shape index (κ3) is 9.87. The number of carbonyl (C=O) groups excluding carboxylic acids is 2. The number of pyridine rings is 6. The van der Waals surface area contributed by atoms with Crippen LogP contribution in [0.5, 0.6) is 0 Å². The van der Waals surface area contributed by atoms with Gasteiger partial charge in [-0.15, -0.1) is 0 Å². The molecule has 0 aromatic carbocycles. The highest BCUT2D eigenvalue weighted by atomic mass is 19.3. The Morgan fingerprint density at radius 1 is 0.618 bits per heavy atom. The fraction of sp³-hybridized carbons (Fsp3) is 0.308. The number of likely N-dealkylation sites (tertiary alicyclic amines) is 2. The number of alkyl halides is 2. The summed E-state index contributed by atoms with van der Waals surface area (Å²) in [6.45, 7) is 9.11. The van der Waals surface area contributed by atoms with Gasteiger partial charge in [0.05, 0.1) is 56.0 Å². The lowest BCUT2D eigenvalue weighted by atomic mass is 9.89. The molecule has 0 spiro atoms. The second-order valence-corrected chi connectivity index (χ2v) is 17.8. The van der Waals surface area contributed by atoms with Crippen LogP contribution in [-0.4, -0.2) is 102 Å². The number of aromatic amines is 2. The Morgan fingerprint density at radius 2 is 1.06 bits per heavy atom. The lowest BCUT2D eigenvalue weighted by Crippen LogP contribution is -2.29. The SMILES string of the molecule is CC(=O)Nc1cc(-c2[nH]c3c(C4CCN(C)CC4)ccnc3c2-c2cccc(C(F)F)n2)ccn1.CC(=O)Nc1cc(-c2[nH]c3c(C4CCN(C)CC4)ccnc3c2-c2cccc(C)n2)ccn1. The van der Waals surface area contributed by atoms with Crippen molar-refractivity contribution >= 4 is 45.5 Å². The second kappa shape index (κ2) is 19.9. The van der Waals surface area contributed by atoms with Crippen molar-refractivity contribution in [1.82, 2.24) is 49.7 Å². The average molecular weight is 917 g/mol. The molecule has 16 heteroatoms. The van der Waals surface area contributed by atoms with Crippen molar-refractivity contribution in [3.05, 3.63) is 120 Å². The molecular formula is C52H54F2N12O2. The average Bonchev–Trinajstić information content (AvgIpc) is 3.92. The van der Waals surface area contributed by atoms with E-state index in [2.05, 4.69) is 70.5 Å². The first-order valence-corrected chi connectivity index (χ1v) is 23.0. The number of piperidine rings is 2. The molecule has 10 rings (SSSR count). The predicted octanol–water partition coefficient (Wildman–Crippen LogP) is 10.2. The quantitative estimate of drug-likeness (QED) is 0.109. The van der Waals surface area contributed by atoms with Crippen LogP contribution < -0.4 is 10.6 Å². The van der Waals surface area contributed by atoms with E-state index in [-0.39, 0.29) is 17.5 Å². The molecule has 8 aromatic rings. The maximum atomic E-state index is 13.5. The molecule has 14 nitrogen and oxygen atoms in total. The monoisotopic (exact) mass is 916 g/mol. The molecule has 0 atom stereocenters. The van der Waals surface area contributed by atoms with E-state index < -0.39 is 6.43 Å². The Balaban J connectivity index is 0.000000170. The number of nitrogens with zero attached hydrogens (tertiary/aromatic N) is 8. The first-order chi connectivity index (χ1) is 32.9. The highest BCUT2D eigenvalue weighted by molar-refractivity contribution is 6.03. The van der Waals surface area contributed by atoms with E-state index >= 15 is 0 Å². The van der Waals surface area contributed by atoms with E-state index in [4.69, 9.17) is 9.97 Å². The molecule has 2 fully saturated rings. The normalized spacial score (nSPS) is 15.1. The van der Waals surface area contributed by atoms with Gasteiger partial charge in [-0.25, -0.2) is 23.7 Å². The minimum absolute atomic E-state index is 0.150. The smallest absolute Gasteiger partial charge is 0.280 e. The Hall–Kier alpha value is -7.30. The molecule has 4 N–H and O–H groups in total. The van der Waals surface area contributed by atoms with E-state index in [0.717, 1.165) is 108 Å². The van der Waals surface area contributed by atoms with Crippen molar-refractivity contribution in [1.29, 1.82) is 0 Å². The van der Waals surface area contributed by atoms with Gasteiger partial charge in [-0.2, -0.15) is 0 Å². The van der Waals surface area contributed by atoms with Crippen molar-refractivity contribution in [2.75, 3.05) is 50.9 Å². The van der Waals surface area contributed by atoms with Gasteiger partial charge in [0.2, 0.25) is 11.8 Å². The molecule has 348 valence electrons. The number of aryl methyl sites for hydroxylation is 1. The second-order valence-electron chi connectivity index (χ2n) is 17.8. The van der Waals surface area contributed by atoms with Crippen LogP contribution in [0.25, 0.3) is 67.1 Å². The molecule has 68 heavy (non-hydrogen) atoms. The van der Waals surface area contributed by atoms with Gasteiger partial charge in [0, 0.05) is 55.5 Å². The Morgan fingerprint density at radius 3 is 1.50 bits per heavy atom. The summed E-state index contributed by atoms with van der Waals surface area (Å²) in [7, 11) is 4.31. The maximum absolute atomic E-state index is 13.5. The molecule has 2 amide bonds. The summed E-state index contributed by atoms with van der Waals surface area (Å²) in [5.74, 6) is 1.39. The van der Waals surface area contributed by atoms with Gasteiger partial charge in [-0.05, 0) is 157 Å². The van der Waals surface area contributed by atoms with Crippen molar-refractivity contribution in [3.63, 3.8) is 0 Å². The molecule has 0 unspecified atom stereocenters. The molecular weight excluding hydrogens is 863 g/mol. The Kier molecular flexibility index (Phi) is 13.4. The highest BCUT2D eigenvalue weighted by Gasteiger charge is 2.27. The van der Waals surface area contributed by atoms with Gasteiger partial charge >= 0.3 is 0 Å². The van der Waals surface area contributed by atoms with Crippen LogP contribution in [0.15, 0.2) is 97.6 Å². The van der Waals surface area contributed by atoms with Crippen molar-refractivity contribution in [2.24, 2.45) is 0 Å². The van der Waals surface area contributed by atoms with Crippen molar-refractivity contribution in [2.45, 2.75) is 64.7 Å². The number of aromatic nitrogens is 8. The van der Waals surface area contributed by atoms with Gasteiger partial charge in [-0.3, -0.25) is 24.5 Å². The zero-order valence-electron chi connectivity index (χ0n) is 38.8. The number of anilines is 2. The van der Waals surface area contributed by atoms with Gasteiger partial charge in [0.25, 0.3) is 6.43 Å². The summed E-state index contributed by atoms with van der Waals surface area (Å²) in [5, 5.41) is 5.48. The van der Waals surface area contributed by atoms with Crippen LogP contribution in [0, 0.1) is 6.92 Å². The number of amides is 2. The number of carbonyl (C=O) groups is 2. The minimum atomic E-state index is -2.68. The van der Waals surface area contributed by atoms with Crippen LogP contribution in [-0.2, 0) is 9.59 Å². The molecule has 2 aliphatic heterocycles. The first-order valence-electron chi connectivity index (χ1n) is 23.0. The molecule has 10 heterocycles. The number of H-pyrrole nitrogens is 2. The molecule has 0 radical (unpaired) electrons. The van der Waals surface area contributed by atoms with Gasteiger partial charge < -0.3 is 30.4 Å². The summed E-state index contributed by atoms with van der Waals surface area (Å²) in [6, 6.07) is 22.3. The lowest BCUT2D eigenvalue weighted by Gasteiger charge is -2.29. The van der Waals surface area contributed by atoms with Gasteiger partial charge in [0.15, 0.2) is 0 Å². The summed E-state index contributed by atoms with van der Waals surface area (Å²) in [4.78, 5) is 62.2. The topological polar surface area (TPSA) is 174 Å². The third-order valence-corrected chi connectivity index (χ3v) is 12.9. The van der Waals surface area contributed by atoms with E-state index in [1.54, 1.807) is 36.8 Å². The maximum Gasteiger partial charge on any atom is 0.280 e. The fourth-order valence-electron chi connectivity index (χ4n) is 9.52. The number of halogens is 2. The summed E-state index contributed by atoms with van der Waals surface area (Å²) in [5.41, 5.74) is 12.9. The zero-order valence-corrected chi connectivity index (χ0v) is 38.8. The van der Waals surface area contributed by atoms with E-state index in [9.17, 15) is 18.4 Å². The van der Waals surface area contributed by atoms with E-state index in [1.807, 2.05) is 55.6 Å². The zero-order chi connectivity index (χ0) is 47.5. The fourth-order valence-corrected chi connectivity index (χ4v) is 9.52. The van der Waals surface area contributed by atoms with E-state index in [1.165, 1.54) is 25.5 Å². The molecule has 8 aromatic heterocycles. The number of fused-ring (bicyclic) bond motifs is 2. The van der Waals surface area contributed by atoms with Crippen molar-refractivity contribution in [3.8, 4) is 45.0 Å². The van der Waals surface area contributed by atoms with Gasteiger partial charge in [-0.1, -0.05) is 12.1 Å². The van der Waals surface area contributed by atoms with Crippen molar-refractivity contribution < 1.29 is 18.4 Å². The standard InChI is InChI=1S/C26H26F2N6O.C26H28N6O/c1-15(35)31-21-14-17(6-10-29-21)23-22(19-4-3-5-20(32-19)26(27)28)25-24(33-23)18(7-11-30-25)16-8-12-34(2)13-9-16;1-16-5-4-6-21(29-16)23-24(19-7-11-27-22(15-19)30-17(2)33)31-25-20(8-12-28-26(23)25)18-9-13-32(3)14-10-18/h3-7,10-11,14,16,26,33H,8-9,12-13H2,1-2H3,(H,29,31,35);4-8,11-12,15,18,31H,9-10,13-14H2,1-3H3,(H,27,30,33). The third-order valence-electron chi connectivity index (χ3n) is 12.9. The highest BCUT2D eigenvalue weighted by Crippen LogP contribution is 2.43. The Bertz CT molecular complexity index is 3120. The predicted molar refractivity (Wildman–Crippen MR) is 262 cm³/mol. The molecule has 2 aliphatic rings. The van der Waals surface area contributed by atoms with E-state index in [0.29, 0.717) is 45.9 Å². The molecule has 0 bridgehead atoms. The molecule has 2 saturated heterocycles.